The van der Waals surface area contributed by atoms with Gasteiger partial charge in [-0.05, 0) is 52.0 Å². The van der Waals surface area contributed by atoms with Gasteiger partial charge in [-0.3, -0.25) is 9.89 Å². The predicted molar refractivity (Wildman–Crippen MR) is 96.4 cm³/mol. The summed E-state index contributed by atoms with van der Waals surface area (Å²) in [5, 5.41) is 10.4. The third kappa shape index (κ3) is 3.02. The van der Waals surface area contributed by atoms with Crippen molar-refractivity contribution in [3.05, 3.63) is 35.5 Å². The Morgan fingerprint density at radius 2 is 2.04 bits per heavy atom. The number of aromatic nitrogens is 4. The highest BCUT2D eigenvalue weighted by Gasteiger charge is 2.25. The molecule has 7 heteroatoms. The lowest BCUT2D eigenvalue weighted by atomic mass is 10.0. The Balaban J connectivity index is 1.62. The Morgan fingerprint density at radius 3 is 2.80 bits per heavy atom. The van der Waals surface area contributed by atoms with E-state index in [1.54, 1.807) is 0 Å². The fraction of sp³-hybridized carbons (Fsp3) is 0.389. The van der Waals surface area contributed by atoms with Crippen LogP contribution in [0.2, 0.25) is 0 Å². The number of aryl methyl sites for hydroxylation is 1. The van der Waals surface area contributed by atoms with E-state index in [1.165, 1.54) is 0 Å². The number of carbonyl (C=O) groups excluding carboxylic acids is 1. The van der Waals surface area contributed by atoms with Crippen LogP contribution in [0.5, 0.6) is 0 Å². The Hall–Kier alpha value is -2.67. The number of piperidine rings is 1. The topological polar surface area (TPSA) is 89.7 Å². The molecule has 1 amide bonds. The predicted octanol–water partition coefficient (Wildman–Crippen LogP) is 2.09. The second-order valence-electron chi connectivity index (χ2n) is 6.73. The molecule has 0 radical (unpaired) electrons. The van der Waals surface area contributed by atoms with E-state index in [2.05, 4.69) is 37.4 Å². The molecule has 3 N–H and O–H groups in total. The first-order valence-electron chi connectivity index (χ1n) is 8.61. The van der Waals surface area contributed by atoms with Crippen LogP contribution in [-0.2, 0) is 0 Å². The number of hydrogen-bond acceptors (Lipinski definition) is 4. The molecule has 1 aromatic carbocycles. The van der Waals surface area contributed by atoms with Gasteiger partial charge in [0.05, 0.1) is 16.6 Å². The molecule has 0 unspecified atom stereocenters. The summed E-state index contributed by atoms with van der Waals surface area (Å²) in [7, 11) is 2.11. The molecule has 1 fully saturated rings. The first-order valence-corrected chi connectivity index (χ1v) is 8.61. The van der Waals surface area contributed by atoms with Crippen LogP contribution in [0.4, 0.5) is 0 Å². The van der Waals surface area contributed by atoms with Gasteiger partial charge in [0.25, 0.3) is 5.91 Å². The van der Waals surface area contributed by atoms with Crippen molar-refractivity contribution >= 4 is 16.9 Å². The number of hydrogen-bond donors (Lipinski definition) is 3. The van der Waals surface area contributed by atoms with E-state index >= 15 is 0 Å². The van der Waals surface area contributed by atoms with E-state index in [-0.39, 0.29) is 11.9 Å². The summed E-state index contributed by atoms with van der Waals surface area (Å²) >= 11 is 0. The van der Waals surface area contributed by atoms with E-state index in [1.807, 2.05) is 31.2 Å². The first-order chi connectivity index (χ1) is 12.1. The lowest BCUT2D eigenvalue weighted by Crippen LogP contribution is -2.43. The van der Waals surface area contributed by atoms with Gasteiger partial charge in [0.1, 0.15) is 5.69 Å². The molecule has 25 heavy (non-hydrogen) atoms. The van der Waals surface area contributed by atoms with Gasteiger partial charge in [-0.15, -0.1) is 0 Å². The molecular formula is C18H22N6O. The lowest BCUT2D eigenvalue weighted by Gasteiger charge is -2.29. The molecule has 0 spiro atoms. The number of nitrogens with one attached hydrogen (secondary N) is 3. The van der Waals surface area contributed by atoms with E-state index in [9.17, 15) is 4.79 Å². The van der Waals surface area contributed by atoms with Crippen LogP contribution in [-0.4, -0.2) is 57.2 Å². The summed E-state index contributed by atoms with van der Waals surface area (Å²) in [6.45, 7) is 3.88. The smallest absolute Gasteiger partial charge is 0.255 e. The van der Waals surface area contributed by atoms with Crippen molar-refractivity contribution in [3.8, 4) is 11.5 Å². The quantitative estimate of drug-likeness (QED) is 0.682. The van der Waals surface area contributed by atoms with Crippen molar-refractivity contribution in [3.63, 3.8) is 0 Å². The van der Waals surface area contributed by atoms with Gasteiger partial charge in [0.15, 0.2) is 5.82 Å². The molecule has 3 aromatic rings. The summed E-state index contributed by atoms with van der Waals surface area (Å²) < 4.78 is 0. The molecule has 7 nitrogen and oxygen atoms in total. The number of imidazole rings is 1. The number of nitrogens with zero attached hydrogens (tertiary/aromatic N) is 3. The van der Waals surface area contributed by atoms with E-state index in [0.717, 1.165) is 42.7 Å². The molecule has 1 aliphatic heterocycles. The van der Waals surface area contributed by atoms with Gasteiger partial charge < -0.3 is 15.2 Å². The second-order valence-corrected chi connectivity index (χ2v) is 6.73. The van der Waals surface area contributed by atoms with Crippen LogP contribution in [0.25, 0.3) is 22.6 Å². The number of fused-ring (bicyclic) bond motifs is 1. The number of carbonyl (C=O) groups is 1. The number of para-hydroxylation sites is 2. The number of aromatic amines is 2. The third-order valence-corrected chi connectivity index (χ3v) is 4.84. The van der Waals surface area contributed by atoms with E-state index < -0.39 is 0 Å². The number of rotatable bonds is 3. The maximum atomic E-state index is 12.9. The number of H-pyrrole nitrogens is 2. The standard InChI is InChI=1S/C18H22N6O/c1-11-15(18(25)19-12-7-9-24(2)10-8-12)16(23-22-11)17-20-13-5-3-4-6-14(13)21-17/h3-6,12H,7-10H2,1-2H3,(H,19,25)(H,20,21)(H,22,23). The van der Waals surface area contributed by atoms with Crippen molar-refractivity contribution in [2.24, 2.45) is 0 Å². The van der Waals surface area contributed by atoms with Crippen LogP contribution in [0.3, 0.4) is 0 Å². The molecule has 4 rings (SSSR count). The Kier molecular flexibility index (Phi) is 4.01. The maximum absolute atomic E-state index is 12.9. The number of benzene rings is 1. The van der Waals surface area contributed by atoms with Crippen LogP contribution < -0.4 is 5.32 Å². The van der Waals surface area contributed by atoms with Crippen molar-refractivity contribution in [2.45, 2.75) is 25.8 Å². The summed E-state index contributed by atoms with van der Waals surface area (Å²) in [6, 6.07) is 8.00. The van der Waals surface area contributed by atoms with Crippen molar-refractivity contribution in [1.82, 2.24) is 30.4 Å². The minimum absolute atomic E-state index is 0.0868. The van der Waals surface area contributed by atoms with Gasteiger partial charge in [-0.2, -0.15) is 5.10 Å². The largest absolute Gasteiger partial charge is 0.349 e. The zero-order valence-corrected chi connectivity index (χ0v) is 14.5. The van der Waals surface area contributed by atoms with Gasteiger partial charge in [-0.25, -0.2) is 4.98 Å². The molecule has 0 bridgehead atoms. The normalized spacial score (nSPS) is 16.4. The molecule has 0 atom stereocenters. The first kappa shape index (κ1) is 15.8. The van der Waals surface area contributed by atoms with Gasteiger partial charge in [0.2, 0.25) is 0 Å². The molecule has 1 aliphatic rings. The molecule has 3 heterocycles. The summed E-state index contributed by atoms with van der Waals surface area (Å²) in [6.07, 6.45) is 1.94. The van der Waals surface area contributed by atoms with E-state index in [4.69, 9.17) is 0 Å². The Morgan fingerprint density at radius 1 is 1.28 bits per heavy atom. The number of amides is 1. The average Bonchev–Trinajstić information content (AvgIpc) is 3.20. The van der Waals surface area contributed by atoms with Crippen LogP contribution in [0.15, 0.2) is 24.3 Å². The second kappa shape index (κ2) is 6.33. The highest BCUT2D eigenvalue weighted by Crippen LogP contribution is 2.24. The third-order valence-electron chi connectivity index (χ3n) is 4.84. The van der Waals surface area contributed by atoms with Crippen molar-refractivity contribution in [2.75, 3.05) is 20.1 Å². The number of likely N-dealkylation sites (tertiary alicyclic amines) is 1. The molecule has 0 aliphatic carbocycles. The van der Waals surface area contributed by atoms with E-state index in [0.29, 0.717) is 17.1 Å². The minimum Gasteiger partial charge on any atom is -0.349 e. The van der Waals surface area contributed by atoms with Gasteiger partial charge in [0, 0.05) is 11.7 Å². The summed E-state index contributed by atoms with van der Waals surface area (Å²) in [5.74, 6) is 0.523. The molecule has 130 valence electrons. The maximum Gasteiger partial charge on any atom is 0.255 e. The monoisotopic (exact) mass is 338 g/mol. The fourth-order valence-electron chi connectivity index (χ4n) is 3.35. The SMILES string of the molecule is Cc1[nH]nc(-c2nc3ccccc3[nH]2)c1C(=O)NC1CCN(C)CC1. The van der Waals surface area contributed by atoms with Gasteiger partial charge in [-0.1, -0.05) is 12.1 Å². The highest BCUT2D eigenvalue weighted by molar-refractivity contribution is 6.01. The molecule has 2 aromatic heterocycles. The molecule has 0 saturated carbocycles. The zero-order valence-electron chi connectivity index (χ0n) is 14.5. The highest BCUT2D eigenvalue weighted by atomic mass is 16.1. The summed E-state index contributed by atoms with van der Waals surface area (Å²) in [5.41, 5.74) is 3.68. The minimum atomic E-state index is -0.0868. The van der Waals surface area contributed by atoms with Crippen LogP contribution >= 0.6 is 0 Å². The molecule has 1 saturated heterocycles. The summed E-state index contributed by atoms with van der Waals surface area (Å²) in [4.78, 5) is 23.0. The van der Waals surface area contributed by atoms with Gasteiger partial charge >= 0.3 is 0 Å². The van der Waals surface area contributed by atoms with Crippen LogP contribution in [0, 0.1) is 6.92 Å². The average molecular weight is 338 g/mol. The molecular weight excluding hydrogens is 316 g/mol. The van der Waals surface area contributed by atoms with Crippen LogP contribution in [0.1, 0.15) is 28.9 Å². The lowest BCUT2D eigenvalue weighted by molar-refractivity contribution is 0.0917. The Labute approximate surface area is 145 Å². The van der Waals surface area contributed by atoms with Crippen molar-refractivity contribution < 1.29 is 4.79 Å². The Bertz CT molecular complexity index is 870. The van der Waals surface area contributed by atoms with Crippen molar-refractivity contribution in [1.29, 1.82) is 0 Å². The fourth-order valence-corrected chi connectivity index (χ4v) is 3.35. The zero-order chi connectivity index (χ0) is 17.4.